The van der Waals surface area contributed by atoms with Crippen molar-refractivity contribution in [1.29, 1.82) is 0 Å². The van der Waals surface area contributed by atoms with Crippen LogP contribution in [0.5, 0.6) is 5.75 Å². The highest BCUT2D eigenvalue weighted by molar-refractivity contribution is 8.00. The van der Waals surface area contributed by atoms with Crippen LogP contribution in [0.4, 0.5) is 5.69 Å². The molecule has 2 fully saturated rings. The first kappa shape index (κ1) is 23.4. The Balaban J connectivity index is 1.31. The number of anilines is 1. The standard InChI is InChI=1S/C24H26ClN3O4S/c1-32-20-9-8-18(25)14-19(20)26-21(29)15-33-16-22(30)27-12-5-13-28(27)23(31)24(10-11-24)17-6-3-2-4-7-17/h2-4,6-9,14H,5,10-13,15-16H2,1H3,(H,26,29). The van der Waals surface area contributed by atoms with E-state index in [0.717, 1.165) is 24.8 Å². The number of halogens is 1. The molecule has 174 valence electrons. The molecule has 4 rings (SSSR count). The van der Waals surface area contributed by atoms with E-state index in [2.05, 4.69) is 5.32 Å². The molecular weight excluding hydrogens is 462 g/mol. The molecule has 0 bridgehead atoms. The molecule has 1 N–H and O–H groups in total. The van der Waals surface area contributed by atoms with E-state index in [4.69, 9.17) is 16.3 Å². The number of carbonyl (C=O) groups excluding carboxylic acids is 3. The second kappa shape index (κ2) is 10.1. The summed E-state index contributed by atoms with van der Waals surface area (Å²) in [4.78, 5) is 38.6. The minimum Gasteiger partial charge on any atom is -0.495 e. The van der Waals surface area contributed by atoms with Gasteiger partial charge >= 0.3 is 0 Å². The van der Waals surface area contributed by atoms with E-state index in [-0.39, 0.29) is 29.2 Å². The van der Waals surface area contributed by atoms with Crippen molar-refractivity contribution < 1.29 is 19.1 Å². The Kier molecular flexibility index (Phi) is 7.14. The Morgan fingerprint density at radius 3 is 2.48 bits per heavy atom. The minimum atomic E-state index is -0.507. The molecule has 2 aliphatic rings. The van der Waals surface area contributed by atoms with Crippen LogP contribution in [0, 0.1) is 0 Å². The maximum Gasteiger partial charge on any atom is 0.251 e. The first-order chi connectivity index (χ1) is 15.9. The number of nitrogens with zero attached hydrogens (tertiary/aromatic N) is 2. The molecule has 1 saturated heterocycles. The van der Waals surface area contributed by atoms with Gasteiger partial charge in [-0.15, -0.1) is 11.8 Å². The van der Waals surface area contributed by atoms with Crippen molar-refractivity contribution in [3.05, 3.63) is 59.1 Å². The van der Waals surface area contributed by atoms with E-state index >= 15 is 0 Å². The molecule has 0 atom stereocenters. The predicted molar refractivity (Wildman–Crippen MR) is 129 cm³/mol. The third kappa shape index (κ3) is 5.12. The molecule has 3 amide bonds. The zero-order valence-corrected chi connectivity index (χ0v) is 20.0. The molecule has 33 heavy (non-hydrogen) atoms. The number of nitrogens with one attached hydrogen (secondary N) is 1. The second-order valence-electron chi connectivity index (χ2n) is 8.13. The van der Waals surface area contributed by atoms with Crippen molar-refractivity contribution in [2.24, 2.45) is 0 Å². The zero-order valence-electron chi connectivity index (χ0n) is 18.4. The predicted octanol–water partition coefficient (Wildman–Crippen LogP) is 3.73. The van der Waals surface area contributed by atoms with Gasteiger partial charge in [0, 0.05) is 18.1 Å². The van der Waals surface area contributed by atoms with E-state index in [9.17, 15) is 14.4 Å². The summed E-state index contributed by atoms with van der Waals surface area (Å²) in [5.74, 6) is 0.286. The lowest BCUT2D eigenvalue weighted by atomic mass is 9.95. The molecule has 0 aromatic heterocycles. The zero-order chi connectivity index (χ0) is 23.4. The fourth-order valence-corrected chi connectivity index (χ4v) is 4.96. The molecule has 0 radical (unpaired) electrons. The fraction of sp³-hybridized carbons (Fsp3) is 0.375. The van der Waals surface area contributed by atoms with E-state index < -0.39 is 5.41 Å². The first-order valence-corrected chi connectivity index (χ1v) is 12.4. The Morgan fingerprint density at radius 1 is 1.06 bits per heavy atom. The SMILES string of the molecule is COc1ccc(Cl)cc1NC(=O)CSCC(=O)N1CCCN1C(=O)C1(c2ccccc2)CC1. The number of benzene rings is 2. The van der Waals surface area contributed by atoms with Crippen molar-refractivity contribution in [3.63, 3.8) is 0 Å². The van der Waals surface area contributed by atoms with Crippen molar-refractivity contribution in [1.82, 2.24) is 10.0 Å². The lowest BCUT2D eigenvalue weighted by Gasteiger charge is -2.31. The van der Waals surface area contributed by atoms with Crippen LogP contribution in [0.2, 0.25) is 5.02 Å². The summed E-state index contributed by atoms with van der Waals surface area (Å²) < 4.78 is 5.23. The van der Waals surface area contributed by atoms with Crippen LogP contribution in [-0.4, -0.2) is 59.4 Å². The highest BCUT2D eigenvalue weighted by Gasteiger charge is 2.54. The smallest absolute Gasteiger partial charge is 0.251 e. The molecule has 1 heterocycles. The maximum absolute atomic E-state index is 13.4. The van der Waals surface area contributed by atoms with Gasteiger partial charge in [-0.3, -0.25) is 24.4 Å². The third-order valence-electron chi connectivity index (χ3n) is 5.93. The lowest BCUT2D eigenvalue weighted by molar-refractivity contribution is -0.158. The average molecular weight is 488 g/mol. The molecule has 2 aromatic carbocycles. The van der Waals surface area contributed by atoms with Crippen molar-refractivity contribution in [2.45, 2.75) is 24.7 Å². The van der Waals surface area contributed by atoms with E-state index in [1.54, 1.807) is 28.2 Å². The van der Waals surface area contributed by atoms with Crippen LogP contribution >= 0.6 is 23.4 Å². The third-order valence-corrected chi connectivity index (χ3v) is 7.09. The molecule has 9 heteroatoms. The summed E-state index contributed by atoms with van der Waals surface area (Å²) >= 11 is 7.21. The van der Waals surface area contributed by atoms with Gasteiger partial charge < -0.3 is 10.1 Å². The summed E-state index contributed by atoms with van der Waals surface area (Å²) in [6.07, 6.45) is 2.36. The van der Waals surface area contributed by atoms with Crippen molar-refractivity contribution >= 4 is 46.8 Å². The summed E-state index contributed by atoms with van der Waals surface area (Å²) in [7, 11) is 1.51. The highest BCUT2D eigenvalue weighted by atomic mass is 35.5. The van der Waals surface area contributed by atoms with Crippen LogP contribution in [-0.2, 0) is 19.8 Å². The number of methoxy groups -OCH3 is 1. The van der Waals surface area contributed by atoms with Gasteiger partial charge in [-0.05, 0) is 43.0 Å². The quantitative estimate of drug-likeness (QED) is 0.613. The number of hydrogen-bond donors (Lipinski definition) is 1. The van der Waals surface area contributed by atoms with Crippen molar-refractivity contribution in [2.75, 3.05) is 37.0 Å². The van der Waals surface area contributed by atoms with Crippen LogP contribution in [0.1, 0.15) is 24.8 Å². The van der Waals surface area contributed by atoms with Gasteiger partial charge in [-0.25, -0.2) is 0 Å². The second-order valence-corrected chi connectivity index (χ2v) is 9.55. The summed E-state index contributed by atoms with van der Waals surface area (Å²) in [5.41, 5.74) is 0.985. The van der Waals surface area contributed by atoms with Gasteiger partial charge in [0.25, 0.3) is 11.8 Å². The number of hydrogen-bond acceptors (Lipinski definition) is 5. The maximum atomic E-state index is 13.4. The normalized spacial score (nSPS) is 16.4. The largest absolute Gasteiger partial charge is 0.495 e. The molecule has 0 spiro atoms. The molecule has 1 aliphatic carbocycles. The molecule has 0 unspecified atom stereocenters. The molecule has 1 aliphatic heterocycles. The minimum absolute atomic E-state index is 0.00431. The topological polar surface area (TPSA) is 79.0 Å². The number of thioether (sulfide) groups is 1. The number of amides is 3. The molecule has 1 saturated carbocycles. The van der Waals surface area contributed by atoms with Crippen LogP contribution in [0.3, 0.4) is 0 Å². The van der Waals surface area contributed by atoms with Crippen LogP contribution in [0.25, 0.3) is 0 Å². The Bertz CT molecular complexity index is 1050. The average Bonchev–Trinajstić information content (AvgIpc) is 3.48. The van der Waals surface area contributed by atoms with Crippen LogP contribution in [0.15, 0.2) is 48.5 Å². The monoisotopic (exact) mass is 487 g/mol. The van der Waals surface area contributed by atoms with E-state index in [1.807, 2.05) is 30.3 Å². The Labute approximate surface area is 202 Å². The molecule has 2 aromatic rings. The first-order valence-electron chi connectivity index (χ1n) is 10.8. The lowest BCUT2D eigenvalue weighted by Crippen LogP contribution is -2.49. The number of hydrazine groups is 1. The highest BCUT2D eigenvalue weighted by Crippen LogP contribution is 2.50. The van der Waals surface area contributed by atoms with E-state index in [0.29, 0.717) is 29.5 Å². The summed E-state index contributed by atoms with van der Waals surface area (Å²) in [6, 6.07) is 14.7. The number of ether oxygens (including phenoxy) is 1. The Hall–Kier alpha value is -2.71. The van der Waals surface area contributed by atoms with E-state index in [1.165, 1.54) is 18.9 Å². The number of carbonyl (C=O) groups is 3. The summed E-state index contributed by atoms with van der Waals surface area (Å²) in [5, 5.41) is 6.41. The molecule has 7 nitrogen and oxygen atoms in total. The Morgan fingerprint density at radius 2 is 1.79 bits per heavy atom. The van der Waals surface area contributed by atoms with Crippen molar-refractivity contribution in [3.8, 4) is 5.75 Å². The fourth-order valence-electron chi connectivity index (χ4n) is 4.11. The van der Waals surface area contributed by atoms with Gasteiger partial charge in [0.15, 0.2) is 0 Å². The van der Waals surface area contributed by atoms with Crippen LogP contribution < -0.4 is 10.1 Å². The summed E-state index contributed by atoms with van der Waals surface area (Å²) in [6.45, 7) is 1.06. The number of rotatable bonds is 8. The van der Waals surface area contributed by atoms with Gasteiger partial charge in [-0.1, -0.05) is 41.9 Å². The van der Waals surface area contributed by atoms with Gasteiger partial charge in [0.1, 0.15) is 5.75 Å². The van der Waals surface area contributed by atoms with Gasteiger partial charge in [-0.2, -0.15) is 0 Å². The van der Waals surface area contributed by atoms with Gasteiger partial charge in [0.2, 0.25) is 5.91 Å². The van der Waals surface area contributed by atoms with Gasteiger partial charge in [0.05, 0.1) is 29.7 Å². The molecular formula is C24H26ClN3O4S.